The minimum atomic E-state index is -0.323. The highest BCUT2D eigenvalue weighted by atomic mass is 19.1. The summed E-state index contributed by atoms with van der Waals surface area (Å²) >= 11 is 0. The van der Waals surface area contributed by atoms with Crippen LogP contribution in [0.2, 0.25) is 0 Å². The zero-order valence-electron chi connectivity index (χ0n) is 19.1. The number of methoxy groups -OCH3 is 1. The van der Waals surface area contributed by atoms with Crippen LogP contribution >= 0.6 is 0 Å². The fraction of sp³-hybridized carbons (Fsp3) is 0.583. The molecular weight excluding hydrogens is 411 g/mol. The fourth-order valence-electron chi connectivity index (χ4n) is 5.18. The number of H-pyrrole nitrogens is 1. The lowest BCUT2D eigenvalue weighted by molar-refractivity contribution is -0.135. The van der Waals surface area contributed by atoms with E-state index in [1.807, 2.05) is 18.9 Å². The van der Waals surface area contributed by atoms with Crippen molar-refractivity contribution in [2.75, 3.05) is 33.9 Å². The van der Waals surface area contributed by atoms with Gasteiger partial charge < -0.3 is 19.9 Å². The van der Waals surface area contributed by atoms with Crippen LogP contribution in [0.25, 0.3) is 10.9 Å². The highest BCUT2D eigenvalue weighted by molar-refractivity contribution is 5.99. The number of amides is 2. The van der Waals surface area contributed by atoms with Crippen LogP contribution in [-0.2, 0) is 9.53 Å². The largest absolute Gasteiger partial charge is 0.375 e. The van der Waals surface area contributed by atoms with E-state index in [9.17, 15) is 14.0 Å². The molecule has 2 N–H and O–H groups in total. The SMILES string of the molecule is COCC(=O)N(C)[C@@H]1CCN([C@@H]2CCC[C@@H](NC(=O)c3cc4c(F)ccc(C)c4[nH]3)C2)C1. The van der Waals surface area contributed by atoms with E-state index in [0.29, 0.717) is 22.6 Å². The molecule has 1 aliphatic carbocycles. The Kier molecular flexibility index (Phi) is 6.81. The Hall–Kier alpha value is -2.45. The van der Waals surface area contributed by atoms with Crippen LogP contribution < -0.4 is 5.32 Å². The van der Waals surface area contributed by atoms with Crippen molar-refractivity contribution in [1.29, 1.82) is 0 Å². The van der Waals surface area contributed by atoms with Crippen LogP contribution in [0.4, 0.5) is 4.39 Å². The Morgan fingerprint density at radius 3 is 2.88 bits per heavy atom. The van der Waals surface area contributed by atoms with Gasteiger partial charge in [-0.3, -0.25) is 14.5 Å². The van der Waals surface area contributed by atoms with Gasteiger partial charge in [0, 0.05) is 50.8 Å². The molecule has 174 valence electrons. The Morgan fingerprint density at radius 1 is 1.31 bits per heavy atom. The first-order valence-electron chi connectivity index (χ1n) is 11.4. The van der Waals surface area contributed by atoms with Crippen molar-refractivity contribution in [3.8, 4) is 0 Å². The normalized spacial score (nSPS) is 24.1. The van der Waals surface area contributed by atoms with Gasteiger partial charge in [0.05, 0.1) is 5.52 Å². The minimum absolute atomic E-state index is 0.0122. The lowest BCUT2D eigenvalue weighted by Crippen LogP contribution is -2.47. The van der Waals surface area contributed by atoms with Gasteiger partial charge in [-0.25, -0.2) is 4.39 Å². The first-order valence-corrected chi connectivity index (χ1v) is 11.4. The molecule has 1 aliphatic heterocycles. The van der Waals surface area contributed by atoms with Gasteiger partial charge in [-0.15, -0.1) is 0 Å². The number of likely N-dealkylation sites (N-methyl/N-ethyl adjacent to an activating group) is 1. The van der Waals surface area contributed by atoms with Crippen molar-refractivity contribution in [2.45, 2.75) is 57.2 Å². The van der Waals surface area contributed by atoms with Crippen LogP contribution in [0.15, 0.2) is 18.2 Å². The fourth-order valence-corrected chi connectivity index (χ4v) is 5.18. The smallest absolute Gasteiger partial charge is 0.267 e. The van der Waals surface area contributed by atoms with Crippen molar-refractivity contribution in [1.82, 2.24) is 20.1 Å². The second-order valence-electron chi connectivity index (χ2n) is 9.20. The summed E-state index contributed by atoms with van der Waals surface area (Å²) in [6, 6.07) is 5.44. The molecule has 1 aromatic carbocycles. The average molecular weight is 445 g/mol. The molecule has 0 spiro atoms. The molecule has 1 saturated carbocycles. The molecule has 7 nitrogen and oxygen atoms in total. The Morgan fingerprint density at radius 2 is 2.12 bits per heavy atom. The minimum Gasteiger partial charge on any atom is -0.375 e. The van der Waals surface area contributed by atoms with E-state index in [1.165, 1.54) is 13.2 Å². The van der Waals surface area contributed by atoms with Gasteiger partial charge in [0.15, 0.2) is 0 Å². The molecule has 0 bridgehead atoms. The topological polar surface area (TPSA) is 77.7 Å². The summed E-state index contributed by atoms with van der Waals surface area (Å²) < 4.78 is 19.1. The first-order chi connectivity index (χ1) is 15.4. The van der Waals surface area contributed by atoms with Crippen LogP contribution in [0, 0.1) is 12.7 Å². The number of hydrogen-bond acceptors (Lipinski definition) is 4. The lowest BCUT2D eigenvalue weighted by Gasteiger charge is -2.36. The van der Waals surface area contributed by atoms with Gasteiger partial charge in [0.1, 0.15) is 18.1 Å². The summed E-state index contributed by atoms with van der Waals surface area (Å²) in [6.07, 6.45) is 4.95. The standard InChI is InChI=1S/C24H33FN4O3/c1-15-7-8-20(25)19-12-21(27-23(15)19)24(31)26-16-5-4-6-17(11-16)29-10-9-18(13-29)28(2)22(30)14-32-3/h7-8,12,16-18,27H,4-6,9-11,13-14H2,1-3H3,(H,26,31)/t16-,17-,18-/m1/s1. The van der Waals surface area contributed by atoms with Crippen LogP contribution in [0.3, 0.4) is 0 Å². The zero-order chi connectivity index (χ0) is 22.8. The number of ether oxygens (including phenoxy) is 1. The molecular formula is C24H33FN4O3. The van der Waals surface area contributed by atoms with E-state index in [4.69, 9.17) is 4.74 Å². The van der Waals surface area contributed by atoms with Crippen molar-refractivity contribution in [2.24, 2.45) is 0 Å². The summed E-state index contributed by atoms with van der Waals surface area (Å²) in [5.74, 6) is -0.496. The number of benzene rings is 1. The number of halogens is 1. The van der Waals surface area contributed by atoms with Gasteiger partial charge >= 0.3 is 0 Å². The number of nitrogens with one attached hydrogen (secondary N) is 2. The second-order valence-corrected chi connectivity index (χ2v) is 9.20. The van der Waals surface area contributed by atoms with E-state index in [0.717, 1.165) is 50.8 Å². The molecule has 0 unspecified atom stereocenters. The van der Waals surface area contributed by atoms with Gasteiger partial charge in [-0.1, -0.05) is 6.07 Å². The summed E-state index contributed by atoms with van der Waals surface area (Å²) in [5, 5.41) is 3.61. The van der Waals surface area contributed by atoms with E-state index < -0.39 is 0 Å². The number of carbonyl (C=O) groups is 2. The summed E-state index contributed by atoms with van der Waals surface area (Å²) in [5.41, 5.74) is 1.98. The average Bonchev–Trinajstić information content (AvgIpc) is 3.45. The van der Waals surface area contributed by atoms with Gasteiger partial charge in [-0.2, -0.15) is 0 Å². The molecule has 2 aromatic rings. The maximum absolute atomic E-state index is 14.1. The number of carbonyl (C=O) groups excluding carboxylic acids is 2. The first kappa shape index (κ1) is 22.7. The molecule has 1 saturated heterocycles. The van der Waals surface area contributed by atoms with Crippen LogP contribution in [-0.4, -0.2) is 78.6 Å². The van der Waals surface area contributed by atoms with E-state index in [1.54, 1.807) is 12.1 Å². The molecule has 1 aromatic heterocycles. The number of fused-ring (bicyclic) bond motifs is 1. The van der Waals surface area contributed by atoms with Crippen molar-refractivity contribution < 1.29 is 18.7 Å². The molecule has 3 atom stereocenters. The number of aromatic nitrogens is 1. The predicted molar refractivity (Wildman–Crippen MR) is 121 cm³/mol. The van der Waals surface area contributed by atoms with Gasteiger partial charge in [0.2, 0.25) is 5.91 Å². The molecule has 2 aliphatic rings. The molecule has 2 fully saturated rings. The summed E-state index contributed by atoms with van der Waals surface area (Å²) in [4.78, 5) is 32.4. The number of rotatable bonds is 6. The van der Waals surface area contributed by atoms with Crippen molar-refractivity contribution >= 4 is 22.7 Å². The lowest BCUT2D eigenvalue weighted by atomic mass is 9.90. The van der Waals surface area contributed by atoms with E-state index in [-0.39, 0.29) is 36.3 Å². The third kappa shape index (κ3) is 4.66. The summed E-state index contributed by atoms with van der Waals surface area (Å²) in [6.45, 7) is 3.83. The third-order valence-corrected chi connectivity index (χ3v) is 7.10. The molecule has 32 heavy (non-hydrogen) atoms. The Labute approximate surface area is 188 Å². The van der Waals surface area contributed by atoms with Crippen LogP contribution in [0.1, 0.15) is 48.2 Å². The number of hydrogen-bond donors (Lipinski definition) is 2. The highest BCUT2D eigenvalue weighted by Gasteiger charge is 2.35. The predicted octanol–water partition coefficient (Wildman–Crippen LogP) is 2.84. The number of likely N-dealkylation sites (tertiary alicyclic amines) is 1. The highest BCUT2D eigenvalue weighted by Crippen LogP contribution is 2.28. The molecule has 2 amide bonds. The van der Waals surface area contributed by atoms with E-state index in [2.05, 4.69) is 15.2 Å². The number of nitrogens with zero attached hydrogens (tertiary/aromatic N) is 2. The molecule has 8 heteroatoms. The molecule has 2 heterocycles. The maximum atomic E-state index is 14.1. The monoisotopic (exact) mass is 444 g/mol. The van der Waals surface area contributed by atoms with Crippen LogP contribution in [0.5, 0.6) is 0 Å². The Bertz CT molecular complexity index is 952. The third-order valence-electron chi connectivity index (χ3n) is 7.10. The Balaban J connectivity index is 1.35. The molecule has 4 rings (SSSR count). The van der Waals surface area contributed by atoms with E-state index >= 15 is 0 Å². The van der Waals surface area contributed by atoms with Gasteiger partial charge in [0.25, 0.3) is 5.91 Å². The van der Waals surface area contributed by atoms with Crippen molar-refractivity contribution in [3.05, 3.63) is 35.3 Å². The van der Waals surface area contributed by atoms with Crippen molar-refractivity contribution in [3.63, 3.8) is 0 Å². The maximum Gasteiger partial charge on any atom is 0.267 e. The summed E-state index contributed by atoms with van der Waals surface area (Å²) in [7, 11) is 3.39. The van der Waals surface area contributed by atoms with Gasteiger partial charge in [-0.05, 0) is 56.7 Å². The molecule has 0 radical (unpaired) electrons. The zero-order valence-corrected chi connectivity index (χ0v) is 19.1. The number of aromatic amines is 1. The second kappa shape index (κ2) is 9.58. The number of aryl methyl sites for hydroxylation is 1. The quantitative estimate of drug-likeness (QED) is 0.718.